The van der Waals surface area contributed by atoms with Gasteiger partial charge in [-0.15, -0.1) is 0 Å². The van der Waals surface area contributed by atoms with Crippen LogP contribution in [0.5, 0.6) is 0 Å². The van der Waals surface area contributed by atoms with E-state index in [4.69, 9.17) is 4.99 Å². The van der Waals surface area contributed by atoms with Crippen LogP contribution in [0.25, 0.3) is 0 Å². The first-order valence-electron chi connectivity index (χ1n) is 10.2. The Labute approximate surface area is 153 Å². The molecule has 0 spiro atoms. The van der Waals surface area contributed by atoms with Crippen LogP contribution in [-0.2, 0) is 4.79 Å². The highest BCUT2D eigenvalue weighted by Gasteiger charge is 2.25. The number of hydrogen-bond acceptors (Lipinski definition) is 3. The zero-order valence-corrected chi connectivity index (χ0v) is 16.4. The predicted molar refractivity (Wildman–Crippen MR) is 104 cm³/mol. The lowest BCUT2D eigenvalue weighted by molar-refractivity contribution is -0.129. The van der Waals surface area contributed by atoms with E-state index in [1.54, 1.807) is 0 Å². The Morgan fingerprint density at radius 1 is 1.20 bits per heavy atom. The van der Waals surface area contributed by atoms with Gasteiger partial charge in [-0.05, 0) is 45.2 Å². The van der Waals surface area contributed by atoms with Crippen molar-refractivity contribution in [2.45, 2.75) is 58.9 Å². The number of piperidine rings is 1. The largest absolute Gasteiger partial charge is 0.357 e. The number of hydrogen-bond donors (Lipinski definition) is 2. The summed E-state index contributed by atoms with van der Waals surface area (Å²) in [6, 6.07) is 0.311. The van der Waals surface area contributed by atoms with Crippen molar-refractivity contribution in [3.8, 4) is 0 Å². The number of guanidine groups is 1. The minimum absolute atomic E-state index is 0.251. The maximum absolute atomic E-state index is 11.8. The standard InChI is InChI=1S/C19H37N5O/c1-4-18(25)24-12-9-17(15-24)22-19(20-5-2)21-13-16(3)14-23-10-7-6-8-11-23/h16-17H,4-15H2,1-3H3,(H2,20,21,22). The van der Waals surface area contributed by atoms with Crippen LogP contribution in [0.2, 0.25) is 0 Å². The van der Waals surface area contributed by atoms with Crippen LogP contribution in [0, 0.1) is 5.92 Å². The van der Waals surface area contributed by atoms with Crippen LogP contribution in [0.4, 0.5) is 0 Å². The fourth-order valence-electron chi connectivity index (χ4n) is 3.73. The van der Waals surface area contributed by atoms with Crippen molar-refractivity contribution in [2.24, 2.45) is 10.9 Å². The van der Waals surface area contributed by atoms with Crippen molar-refractivity contribution in [1.29, 1.82) is 0 Å². The average Bonchev–Trinajstić information content (AvgIpc) is 3.08. The second-order valence-electron chi connectivity index (χ2n) is 7.51. The molecule has 0 aromatic carbocycles. The van der Waals surface area contributed by atoms with Gasteiger partial charge in [-0.2, -0.15) is 0 Å². The lowest BCUT2D eigenvalue weighted by atomic mass is 10.1. The first-order valence-corrected chi connectivity index (χ1v) is 10.2. The van der Waals surface area contributed by atoms with E-state index in [1.165, 1.54) is 32.4 Å². The Kier molecular flexibility index (Phi) is 8.52. The van der Waals surface area contributed by atoms with Gasteiger partial charge in [0.05, 0.1) is 0 Å². The molecule has 6 heteroatoms. The van der Waals surface area contributed by atoms with Crippen molar-refractivity contribution in [2.75, 3.05) is 45.8 Å². The highest BCUT2D eigenvalue weighted by molar-refractivity contribution is 5.80. The van der Waals surface area contributed by atoms with Gasteiger partial charge in [0.25, 0.3) is 0 Å². The first kappa shape index (κ1) is 20.0. The number of amides is 1. The number of aliphatic imine (C=N–C) groups is 1. The molecule has 2 aliphatic rings. The zero-order valence-electron chi connectivity index (χ0n) is 16.4. The first-order chi connectivity index (χ1) is 12.1. The minimum atomic E-state index is 0.251. The maximum atomic E-state index is 11.8. The molecular weight excluding hydrogens is 314 g/mol. The third-order valence-electron chi connectivity index (χ3n) is 5.11. The van der Waals surface area contributed by atoms with Crippen LogP contribution in [-0.4, -0.2) is 73.5 Å². The van der Waals surface area contributed by atoms with Crippen molar-refractivity contribution in [1.82, 2.24) is 20.4 Å². The molecule has 2 atom stereocenters. The second kappa shape index (κ2) is 10.6. The highest BCUT2D eigenvalue weighted by atomic mass is 16.2. The van der Waals surface area contributed by atoms with E-state index in [-0.39, 0.29) is 5.91 Å². The van der Waals surface area contributed by atoms with Gasteiger partial charge in [0.1, 0.15) is 0 Å². The summed E-state index contributed by atoms with van der Waals surface area (Å²) >= 11 is 0. The molecule has 2 N–H and O–H groups in total. The molecule has 2 fully saturated rings. The number of nitrogens with one attached hydrogen (secondary N) is 2. The van der Waals surface area contributed by atoms with E-state index >= 15 is 0 Å². The Bertz CT molecular complexity index is 434. The van der Waals surface area contributed by atoms with Gasteiger partial charge >= 0.3 is 0 Å². The third kappa shape index (κ3) is 6.84. The molecule has 0 saturated carbocycles. The molecule has 25 heavy (non-hydrogen) atoms. The highest BCUT2D eigenvalue weighted by Crippen LogP contribution is 2.12. The summed E-state index contributed by atoms with van der Waals surface area (Å²) in [6.07, 6.45) is 5.66. The molecule has 2 rings (SSSR count). The van der Waals surface area contributed by atoms with Gasteiger partial charge in [-0.3, -0.25) is 9.79 Å². The van der Waals surface area contributed by atoms with Crippen LogP contribution >= 0.6 is 0 Å². The summed E-state index contributed by atoms with van der Waals surface area (Å²) in [5, 5.41) is 6.86. The van der Waals surface area contributed by atoms with Gasteiger partial charge < -0.3 is 20.4 Å². The van der Waals surface area contributed by atoms with E-state index < -0.39 is 0 Å². The Morgan fingerprint density at radius 2 is 1.96 bits per heavy atom. The van der Waals surface area contributed by atoms with Crippen LogP contribution in [0.15, 0.2) is 4.99 Å². The Morgan fingerprint density at radius 3 is 2.64 bits per heavy atom. The zero-order chi connectivity index (χ0) is 18.1. The van der Waals surface area contributed by atoms with E-state index in [0.29, 0.717) is 18.4 Å². The summed E-state index contributed by atoms with van der Waals surface area (Å²) < 4.78 is 0. The molecule has 2 heterocycles. The topological polar surface area (TPSA) is 60.0 Å². The number of nitrogens with zero attached hydrogens (tertiary/aromatic N) is 3. The van der Waals surface area contributed by atoms with Crippen molar-refractivity contribution < 1.29 is 4.79 Å². The summed E-state index contributed by atoms with van der Waals surface area (Å²) in [4.78, 5) is 21.2. The number of carbonyl (C=O) groups is 1. The molecule has 1 amide bonds. The average molecular weight is 352 g/mol. The summed E-state index contributed by atoms with van der Waals surface area (Å²) in [5.41, 5.74) is 0. The molecule has 2 unspecified atom stereocenters. The lowest BCUT2D eigenvalue weighted by Gasteiger charge is -2.28. The summed E-state index contributed by atoms with van der Waals surface area (Å²) in [6.45, 7) is 13.3. The summed E-state index contributed by atoms with van der Waals surface area (Å²) in [7, 11) is 0. The monoisotopic (exact) mass is 351 g/mol. The molecular formula is C19H37N5O. The van der Waals surface area contributed by atoms with Gasteiger partial charge in [0, 0.05) is 45.2 Å². The van der Waals surface area contributed by atoms with Gasteiger partial charge in [-0.25, -0.2) is 0 Å². The normalized spacial score (nSPS) is 23.6. The van der Waals surface area contributed by atoms with Crippen LogP contribution < -0.4 is 10.6 Å². The second-order valence-corrected chi connectivity index (χ2v) is 7.51. The smallest absolute Gasteiger partial charge is 0.222 e. The van der Waals surface area contributed by atoms with E-state index in [0.717, 1.165) is 45.1 Å². The van der Waals surface area contributed by atoms with Gasteiger partial charge in [0.15, 0.2) is 5.96 Å². The molecule has 0 aromatic rings. The fourth-order valence-corrected chi connectivity index (χ4v) is 3.73. The number of carbonyl (C=O) groups excluding carboxylic acids is 1. The number of likely N-dealkylation sites (tertiary alicyclic amines) is 2. The predicted octanol–water partition coefficient (Wildman–Crippen LogP) is 1.67. The van der Waals surface area contributed by atoms with Gasteiger partial charge in [0.2, 0.25) is 5.91 Å². The van der Waals surface area contributed by atoms with E-state index in [2.05, 4.69) is 29.4 Å². The Hall–Kier alpha value is -1.30. The van der Waals surface area contributed by atoms with E-state index in [9.17, 15) is 4.79 Å². The quantitative estimate of drug-likeness (QED) is 0.541. The molecule has 144 valence electrons. The van der Waals surface area contributed by atoms with Crippen molar-refractivity contribution >= 4 is 11.9 Å². The van der Waals surface area contributed by atoms with Crippen molar-refractivity contribution in [3.05, 3.63) is 0 Å². The molecule has 0 aromatic heterocycles. The minimum Gasteiger partial charge on any atom is -0.357 e. The third-order valence-corrected chi connectivity index (χ3v) is 5.11. The fraction of sp³-hybridized carbons (Fsp3) is 0.895. The van der Waals surface area contributed by atoms with Gasteiger partial charge in [-0.1, -0.05) is 20.3 Å². The summed E-state index contributed by atoms with van der Waals surface area (Å²) in [5.74, 6) is 1.71. The molecule has 2 saturated heterocycles. The molecule has 6 nitrogen and oxygen atoms in total. The SMILES string of the molecule is CCNC(=NCC(C)CN1CCCCC1)NC1CCN(C(=O)CC)C1. The van der Waals surface area contributed by atoms with Crippen LogP contribution in [0.3, 0.4) is 0 Å². The number of rotatable bonds is 7. The molecule has 2 aliphatic heterocycles. The molecule has 0 aliphatic carbocycles. The molecule has 0 bridgehead atoms. The van der Waals surface area contributed by atoms with Crippen LogP contribution in [0.1, 0.15) is 52.9 Å². The lowest BCUT2D eigenvalue weighted by Crippen LogP contribution is -2.45. The van der Waals surface area contributed by atoms with E-state index in [1.807, 2.05) is 11.8 Å². The van der Waals surface area contributed by atoms with Crippen molar-refractivity contribution in [3.63, 3.8) is 0 Å². The Balaban J connectivity index is 1.78. The maximum Gasteiger partial charge on any atom is 0.222 e. The molecule has 0 radical (unpaired) electrons.